The summed E-state index contributed by atoms with van der Waals surface area (Å²) in [5.41, 5.74) is 0. The Morgan fingerprint density at radius 3 is 2.59 bits per heavy atom. The Labute approximate surface area is 108 Å². The molecule has 2 atom stereocenters. The molecule has 6 heteroatoms. The fourth-order valence-corrected chi connectivity index (χ4v) is 2.60. The molecule has 2 aliphatic rings. The number of hydrogen-bond donors (Lipinski definition) is 0. The highest BCUT2D eigenvalue weighted by atomic mass is 79.9. The molecule has 2 rings (SSSR count). The predicted molar refractivity (Wildman–Crippen MR) is 62.6 cm³/mol. The molecule has 0 spiro atoms. The standard InChI is InChI=1S/C11H14BrNO4/c1-11(12)9(15)7(5-8(14)17-2)13(10(11)16)6-3-4-6/h6-7H,3-5H2,1-2H3. The number of carbonyl (C=O) groups is 3. The van der Waals surface area contributed by atoms with Gasteiger partial charge in [-0.3, -0.25) is 14.4 Å². The number of alkyl halides is 1. The fourth-order valence-electron chi connectivity index (χ4n) is 2.13. The number of nitrogens with zero attached hydrogens (tertiary/aromatic N) is 1. The van der Waals surface area contributed by atoms with Gasteiger partial charge < -0.3 is 9.64 Å². The number of hydrogen-bond acceptors (Lipinski definition) is 4. The second-order valence-electron chi connectivity index (χ2n) is 4.61. The molecule has 1 saturated carbocycles. The van der Waals surface area contributed by atoms with Crippen LogP contribution in [0.2, 0.25) is 0 Å². The van der Waals surface area contributed by atoms with E-state index in [0.29, 0.717) is 0 Å². The van der Waals surface area contributed by atoms with E-state index in [2.05, 4.69) is 20.7 Å². The Morgan fingerprint density at radius 1 is 1.53 bits per heavy atom. The van der Waals surface area contributed by atoms with E-state index in [1.807, 2.05) is 0 Å². The van der Waals surface area contributed by atoms with Gasteiger partial charge in [0.2, 0.25) is 5.91 Å². The van der Waals surface area contributed by atoms with Crippen molar-refractivity contribution < 1.29 is 19.1 Å². The summed E-state index contributed by atoms with van der Waals surface area (Å²) in [6.45, 7) is 1.55. The van der Waals surface area contributed by atoms with Gasteiger partial charge >= 0.3 is 5.97 Å². The van der Waals surface area contributed by atoms with Gasteiger partial charge in [-0.05, 0) is 19.8 Å². The van der Waals surface area contributed by atoms with Crippen LogP contribution in [0.25, 0.3) is 0 Å². The zero-order valence-corrected chi connectivity index (χ0v) is 11.3. The number of likely N-dealkylation sites (tertiary alicyclic amines) is 1. The number of methoxy groups -OCH3 is 1. The third-order valence-electron chi connectivity index (χ3n) is 3.27. The lowest BCUT2D eigenvalue weighted by Gasteiger charge is -2.22. The van der Waals surface area contributed by atoms with Crippen molar-refractivity contribution in [1.82, 2.24) is 4.90 Å². The number of ether oxygens (including phenoxy) is 1. The molecule has 1 saturated heterocycles. The molecule has 0 aromatic carbocycles. The van der Waals surface area contributed by atoms with E-state index in [1.165, 1.54) is 7.11 Å². The van der Waals surface area contributed by atoms with Gasteiger partial charge in [0, 0.05) is 6.04 Å². The molecule has 2 unspecified atom stereocenters. The zero-order chi connectivity index (χ0) is 12.8. The van der Waals surface area contributed by atoms with E-state index in [9.17, 15) is 14.4 Å². The maximum atomic E-state index is 12.1. The second kappa shape index (κ2) is 4.08. The fraction of sp³-hybridized carbons (Fsp3) is 0.727. The first kappa shape index (κ1) is 12.5. The minimum atomic E-state index is -1.19. The number of carbonyl (C=O) groups excluding carboxylic acids is 3. The minimum absolute atomic E-state index is 0.0568. The lowest BCUT2D eigenvalue weighted by atomic mass is 10.0. The van der Waals surface area contributed by atoms with Gasteiger partial charge in [-0.15, -0.1) is 0 Å². The maximum Gasteiger partial charge on any atom is 0.308 e. The van der Waals surface area contributed by atoms with Crippen molar-refractivity contribution in [3.8, 4) is 0 Å². The normalized spacial score (nSPS) is 33.1. The van der Waals surface area contributed by atoms with E-state index in [-0.39, 0.29) is 24.2 Å². The molecule has 0 radical (unpaired) electrons. The molecule has 0 aromatic rings. The Hall–Kier alpha value is -0.910. The van der Waals surface area contributed by atoms with Crippen molar-refractivity contribution in [1.29, 1.82) is 0 Å². The molecule has 1 aliphatic heterocycles. The molecular formula is C11H14BrNO4. The zero-order valence-electron chi connectivity index (χ0n) is 9.73. The summed E-state index contributed by atoms with van der Waals surface area (Å²) in [5.74, 6) is -0.953. The van der Waals surface area contributed by atoms with Crippen LogP contribution in [0.3, 0.4) is 0 Å². The number of amides is 1. The molecule has 0 bridgehead atoms. The Bertz CT molecular complexity index is 389. The first-order valence-corrected chi connectivity index (χ1v) is 6.31. The molecule has 17 heavy (non-hydrogen) atoms. The molecular weight excluding hydrogens is 290 g/mol. The second-order valence-corrected chi connectivity index (χ2v) is 6.19. The summed E-state index contributed by atoms with van der Waals surface area (Å²) in [4.78, 5) is 37.1. The van der Waals surface area contributed by atoms with Crippen LogP contribution in [0.15, 0.2) is 0 Å². The lowest BCUT2D eigenvalue weighted by Crippen LogP contribution is -2.39. The van der Waals surface area contributed by atoms with Gasteiger partial charge in [-0.1, -0.05) is 15.9 Å². The molecule has 2 fully saturated rings. The summed E-state index contributed by atoms with van der Waals surface area (Å²) in [6, 6.07) is -0.563. The molecule has 0 aromatic heterocycles. The molecule has 94 valence electrons. The van der Waals surface area contributed by atoms with Crippen molar-refractivity contribution in [2.45, 2.75) is 42.6 Å². The van der Waals surface area contributed by atoms with E-state index in [1.54, 1.807) is 11.8 Å². The first-order chi connectivity index (χ1) is 7.89. The topological polar surface area (TPSA) is 63.7 Å². The summed E-state index contributed by atoms with van der Waals surface area (Å²) < 4.78 is 3.38. The third-order valence-corrected chi connectivity index (χ3v) is 4.00. The Balaban J connectivity index is 2.24. The molecule has 5 nitrogen and oxygen atoms in total. The summed E-state index contributed by atoms with van der Waals surface area (Å²) in [6.07, 6.45) is 1.75. The summed E-state index contributed by atoms with van der Waals surface area (Å²) in [7, 11) is 1.28. The highest BCUT2D eigenvalue weighted by Gasteiger charge is 2.58. The van der Waals surface area contributed by atoms with Crippen molar-refractivity contribution in [3.05, 3.63) is 0 Å². The summed E-state index contributed by atoms with van der Waals surface area (Å²) in [5, 5.41) is 0. The molecule has 1 aliphatic carbocycles. The first-order valence-electron chi connectivity index (χ1n) is 5.52. The lowest BCUT2D eigenvalue weighted by molar-refractivity contribution is -0.144. The van der Waals surface area contributed by atoms with E-state index >= 15 is 0 Å². The molecule has 1 heterocycles. The van der Waals surface area contributed by atoms with Crippen molar-refractivity contribution in [2.75, 3.05) is 7.11 Å². The van der Waals surface area contributed by atoms with E-state index in [0.717, 1.165) is 12.8 Å². The highest BCUT2D eigenvalue weighted by Crippen LogP contribution is 2.41. The number of Topliss-reactive ketones (excluding diaryl/α,β-unsaturated/α-hetero) is 1. The predicted octanol–water partition coefficient (Wildman–Crippen LogP) is 0.645. The van der Waals surface area contributed by atoms with E-state index < -0.39 is 16.3 Å². The van der Waals surface area contributed by atoms with Gasteiger partial charge in [0.15, 0.2) is 10.1 Å². The third kappa shape index (κ3) is 1.99. The van der Waals surface area contributed by atoms with Gasteiger partial charge in [0.05, 0.1) is 13.5 Å². The molecule has 0 N–H and O–H groups in total. The largest absolute Gasteiger partial charge is 0.469 e. The van der Waals surface area contributed by atoms with Crippen LogP contribution >= 0.6 is 15.9 Å². The number of esters is 1. The van der Waals surface area contributed by atoms with Gasteiger partial charge in [0.1, 0.15) is 6.04 Å². The van der Waals surface area contributed by atoms with Crippen LogP contribution in [-0.2, 0) is 19.1 Å². The van der Waals surface area contributed by atoms with Gasteiger partial charge in [-0.2, -0.15) is 0 Å². The Morgan fingerprint density at radius 2 is 2.12 bits per heavy atom. The van der Waals surface area contributed by atoms with Gasteiger partial charge in [-0.25, -0.2) is 0 Å². The van der Waals surface area contributed by atoms with Crippen LogP contribution < -0.4 is 0 Å². The van der Waals surface area contributed by atoms with Gasteiger partial charge in [0.25, 0.3) is 0 Å². The van der Waals surface area contributed by atoms with Crippen molar-refractivity contribution in [3.63, 3.8) is 0 Å². The monoisotopic (exact) mass is 303 g/mol. The SMILES string of the molecule is COC(=O)CC1C(=O)C(C)(Br)C(=O)N1C1CC1. The number of halogens is 1. The number of ketones is 1. The van der Waals surface area contributed by atoms with Crippen molar-refractivity contribution in [2.24, 2.45) is 0 Å². The maximum absolute atomic E-state index is 12.1. The Kier molecular flexibility index (Phi) is 3.01. The van der Waals surface area contributed by atoms with Crippen LogP contribution in [0.4, 0.5) is 0 Å². The minimum Gasteiger partial charge on any atom is -0.469 e. The average molecular weight is 304 g/mol. The van der Waals surface area contributed by atoms with Crippen LogP contribution in [0.1, 0.15) is 26.2 Å². The summed E-state index contributed by atoms with van der Waals surface area (Å²) >= 11 is 3.17. The van der Waals surface area contributed by atoms with Crippen LogP contribution in [0.5, 0.6) is 0 Å². The van der Waals surface area contributed by atoms with Crippen molar-refractivity contribution >= 4 is 33.6 Å². The highest BCUT2D eigenvalue weighted by molar-refractivity contribution is 9.10. The average Bonchev–Trinajstić information content (AvgIpc) is 3.07. The quantitative estimate of drug-likeness (QED) is 0.436. The van der Waals surface area contributed by atoms with Crippen LogP contribution in [0, 0.1) is 0 Å². The van der Waals surface area contributed by atoms with E-state index in [4.69, 9.17) is 0 Å². The van der Waals surface area contributed by atoms with Crippen LogP contribution in [-0.4, -0.2) is 46.1 Å². The molecule has 1 amide bonds. The smallest absolute Gasteiger partial charge is 0.308 e. The number of rotatable bonds is 3.